The first-order valence-corrected chi connectivity index (χ1v) is 7.19. The van der Waals surface area contributed by atoms with Crippen LogP contribution in [0.1, 0.15) is 25.7 Å². The zero-order valence-corrected chi connectivity index (χ0v) is 15.7. The number of halogens is 2. The molecule has 5 nitrogen and oxygen atoms in total. The zero-order valence-electron chi connectivity index (χ0n) is 12.2. The predicted molar refractivity (Wildman–Crippen MR) is 99.9 cm³/mol. The summed E-state index contributed by atoms with van der Waals surface area (Å²) in [6.45, 7) is 0.940. The van der Waals surface area contributed by atoms with Crippen LogP contribution in [0.5, 0.6) is 0 Å². The van der Waals surface area contributed by atoms with Gasteiger partial charge in [0.05, 0.1) is 0 Å². The summed E-state index contributed by atoms with van der Waals surface area (Å²) in [5.74, 6) is 0.566. The summed E-state index contributed by atoms with van der Waals surface area (Å²) in [5, 5.41) is 4.63. The Bertz CT molecular complexity index is 608. The number of fused-ring (bicyclic) bond motifs is 1. The fourth-order valence-electron chi connectivity index (χ4n) is 3.02. The largest absolute Gasteiger partial charge is 0.384 e. The molecule has 7 heteroatoms. The Hall–Kier alpha value is -1.08. The molecule has 3 rings (SSSR count). The van der Waals surface area contributed by atoms with Gasteiger partial charge in [0.25, 0.3) is 0 Å². The molecule has 1 aliphatic rings. The molecule has 0 radical (unpaired) electrons. The molecule has 122 valence electrons. The van der Waals surface area contributed by atoms with Gasteiger partial charge in [0, 0.05) is 35.9 Å². The number of anilines is 1. The van der Waals surface area contributed by atoms with E-state index in [1.165, 1.54) is 0 Å². The molecule has 0 aliphatic heterocycles. The third kappa shape index (κ3) is 4.23. The first kappa shape index (κ1) is 19.0. The lowest BCUT2D eigenvalue weighted by Gasteiger charge is -2.27. The van der Waals surface area contributed by atoms with Crippen LogP contribution in [0.3, 0.4) is 0 Å². The number of hydrogen-bond acceptors (Lipinski definition) is 3. The van der Waals surface area contributed by atoms with Gasteiger partial charge in [-0.25, -0.2) is 4.98 Å². The van der Waals surface area contributed by atoms with E-state index < -0.39 is 0 Å². The molecule has 0 spiro atoms. The van der Waals surface area contributed by atoms with E-state index in [9.17, 15) is 4.79 Å². The van der Waals surface area contributed by atoms with Crippen molar-refractivity contribution in [3.8, 4) is 0 Å². The van der Waals surface area contributed by atoms with Gasteiger partial charge >= 0.3 is 0 Å². The number of nitrogens with zero attached hydrogens (tertiary/aromatic N) is 1. The van der Waals surface area contributed by atoms with E-state index in [0.29, 0.717) is 5.92 Å². The highest BCUT2D eigenvalue weighted by Gasteiger charge is 2.24. The van der Waals surface area contributed by atoms with Crippen LogP contribution < -0.4 is 11.1 Å². The summed E-state index contributed by atoms with van der Waals surface area (Å²) in [7, 11) is 0. The molecule has 0 bridgehead atoms. The minimum Gasteiger partial charge on any atom is -0.384 e. The first-order valence-electron chi connectivity index (χ1n) is 7.19. The lowest BCUT2D eigenvalue weighted by Crippen LogP contribution is -2.29. The van der Waals surface area contributed by atoms with Crippen LogP contribution in [-0.2, 0) is 4.79 Å². The maximum atomic E-state index is 11.2. The third-order valence-corrected chi connectivity index (χ3v) is 4.29. The summed E-state index contributed by atoms with van der Waals surface area (Å²) in [4.78, 5) is 18.5. The number of amides is 1. The second-order valence-electron chi connectivity index (χ2n) is 5.60. The predicted octanol–water partition coefficient (Wildman–Crippen LogP) is 3.42. The Kier molecular flexibility index (Phi) is 7.35. The van der Waals surface area contributed by atoms with E-state index in [2.05, 4.69) is 15.3 Å². The van der Waals surface area contributed by atoms with Crippen molar-refractivity contribution in [2.24, 2.45) is 17.6 Å². The summed E-state index contributed by atoms with van der Waals surface area (Å²) in [6.07, 6.45) is 7.71. The number of hydrogen-bond donors (Lipinski definition) is 3. The molecule has 0 unspecified atom stereocenters. The lowest BCUT2D eigenvalue weighted by atomic mass is 9.81. The number of aromatic amines is 1. The number of aromatic nitrogens is 2. The minimum atomic E-state index is -0.139. The molecule has 22 heavy (non-hydrogen) atoms. The van der Waals surface area contributed by atoms with Crippen LogP contribution in [0.15, 0.2) is 24.5 Å². The average Bonchev–Trinajstić information content (AvgIpc) is 2.94. The standard InChI is InChI=1S/C15H20N4O.2BrH/c16-14(20)11-3-1-10(2-4-11)9-19-13-6-8-18-15-12(13)5-7-17-15;;/h5-8,10-11H,1-4,9H2,(H2,16,20)(H2,17,18,19);2*1H. The number of rotatable bonds is 4. The van der Waals surface area contributed by atoms with Crippen molar-refractivity contribution in [1.29, 1.82) is 0 Å². The summed E-state index contributed by atoms with van der Waals surface area (Å²) < 4.78 is 0. The fourth-order valence-corrected chi connectivity index (χ4v) is 3.02. The highest BCUT2D eigenvalue weighted by molar-refractivity contribution is 8.93. The van der Waals surface area contributed by atoms with Crippen LogP contribution in [0, 0.1) is 11.8 Å². The topological polar surface area (TPSA) is 83.8 Å². The van der Waals surface area contributed by atoms with E-state index in [0.717, 1.165) is 48.9 Å². The van der Waals surface area contributed by atoms with Gasteiger partial charge in [0.15, 0.2) is 0 Å². The van der Waals surface area contributed by atoms with Crippen molar-refractivity contribution in [2.75, 3.05) is 11.9 Å². The van der Waals surface area contributed by atoms with Gasteiger partial charge in [-0.3, -0.25) is 4.79 Å². The van der Waals surface area contributed by atoms with Gasteiger partial charge < -0.3 is 16.0 Å². The van der Waals surface area contributed by atoms with Crippen molar-refractivity contribution < 1.29 is 4.79 Å². The van der Waals surface area contributed by atoms with E-state index >= 15 is 0 Å². The number of carbonyl (C=O) groups excluding carboxylic acids is 1. The van der Waals surface area contributed by atoms with Gasteiger partial charge in [-0.05, 0) is 43.7 Å². The number of pyridine rings is 1. The maximum Gasteiger partial charge on any atom is 0.220 e. The molecular weight excluding hydrogens is 412 g/mol. The number of nitrogens with two attached hydrogens (primary N) is 1. The van der Waals surface area contributed by atoms with Gasteiger partial charge in [-0.2, -0.15) is 0 Å². The number of carbonyl (C=O) groups is 1. The first-order chi connectivity index (χ1) is 9.74. The monoisotopic (exact) mass is 432 g/mol. The molecule has 0 saturated heterocycles. The van der Waals surface area contributed by atoms with Gasteiger partial charge in [0.2, 0.25) is 5.91 Å². The second-order valence-corrected chi connectivity index (χ2v) is 5.60. The quantitative estimate of drug-likeness (QED) is 0.690. The van der Waals surface area contributed by atoms with Crippen molar-refractivity contribution in [2.45, 2.75) is 25.7 Å². The Balaban J connectivity index is 0.00000121. The molecule has 2 aromatic rings. The Morgan fingerprint density at radius 2 is 2.00 bits per heavy atom. The van der Waals surface area contributed by atoms with Gasteiger partial charge in [-0.1, -0.05) is 0 Å². The molecule has 2 aromatic heterocycles. The average molecular weight is 434 g/mol. The number of primary amides is 1. The third-order valence-electron chi connectivity index (χ3n) is 4.29. The SMILES string of the molecule is Br.Br.NC(=O)C1CCC(CNc2ccnc3[nH]ccc23)CC1. The van der Waals surface area contributed by atoms with Crippen molar-refractivity contribution in [3.05, 3.63) is 24.5 Å². The summed E-state index contributed by atoms with van der Waals surface area (Å²) >= 11 is 0. The second kappa shape index (κ2) is 8.53. The highest BCUT2D eigenvalue weighted by Crippen LogP contribution is 2.29. The fraction of sp³-hybridized carbons (Fsp3) is 0.467. The molecular formula is C15H22Br2N4O. The van der Waals surface area contributed by atoms with Gasteiger partial charge in [0.1, 0.15) is 5.65 Å². The molecule has 4 N–H and O–H groups in total. The lowest BCUT2D eigenvalue weighted by molar-refractivity contribution is -0.122. The van der Waals surface area contributed by atoms with Crippen LogP contribution in [0.4, 0.5) is 5.69 Å². The van der Waals surface area contributed by atoms with E-state index in [-0.39, 0.29) is 45.8 Å². The van der Waals surface area contributed by atoms with Crippen molar-refractivity contribution in [1.82, 2.24) is 9.97 Å². The molecule has 2 heterocycles. The number of nitrogens with one attached hydrogen (secondary N) is 2. The molecule has 1 amide bonds. The Labute approximate surface area is 151 Å². The molecule has 1 fully saturated rings. The Morgan fingerprint density at radius 3 is 2.68 bits per heavy atom. The van der Waals surface area contributed by atoms with Crippen LogP contribution >= 0.6 is 34.0 Å². The smallest absolute Gasteiger partial charge is 0.220 e. The molecule has 0 atom stereocenters. The number of H-pyrrole nitrogens is 1. The zero-order chi connectivity index (χ0) is 13.9. The Morgan fingerprint density at radius 1 is 1.27 bits per heavy atom. The maximum absolute atomic E-state index is 11.2. The van der Waals surface area contributed by atoms with Crippen molar-refractivity contribution >= 4 is 56.6 Å². The van der Waals surface area contributed by atoms with Gasteiger partial charge in [-0.15, -0.1) is 34.0 Å². The van der Waals surface area contributed by atoms with Crippen LogP contribution in [0.25, 0.3) is 11.0 Å². The highest BCUT2D eigenvalue weighted by atomic mass is 79.9. The summed E-state index contributed by atoms with van der Waals surface area (Å²) in [5.41, 5.74) is 7.39. The van der Waals surface area contributed by atoms with Crippen LogP contribution in [0.2, 0.25) is 0 Å². The van der Waals surface area contributed by atoms with Crippen molar-refractivity contribution in [3.63, 3.8) is 0 Å². The molecule has 0 aromatic carbocycles. The molecule has 1 saturated carbocycles. The molecule has 1 aliphatic carbocycles. The summed E-state index contributed by atoms with van der Waals surface area (Å²) in [6, 6.07) is 4.04. The van der Waals surface area contributed by atoms with E-state index in [4.69, 9.17) is 5.73 Å². The normalized spacial score (nSPS) is 20.7. The van der Waals surface area contributed by atoms with E-state index in [1.807, 2.05) is 24.5 Å². The van der Waals surface area contributed by atoms with Crippen LogP contribution in [-0.4, -0.2) is 22.4 Å². The minimum absolute atomic E-state index is 0. The van der Waals surface area contributed by atoms with E-state index in [1.54, 1.807) is 0 Å².